The van der Waals surface area contributed by atoms with Gasteiger partial charge in [-0.3, -0.25) is 4.31 Å². The van der Waals surface area contributed by atoms with Crippen LogP contribution in [0.2, 0.25) is 0 Å². The minimum Gasteiger partial charge on any atom is -0.297 e. The lowest BCUT2D eigenvalue weighted by atomic mass is 10.1. The number of hydrogen-bond donors (Lipinski definition) is 0. The van der Waals surface area contributed by atoms with Crippen molar-refractivity contribution in [2.24, 2.45) is 4.99 Å². The summed E-state index contributed by atoms with van der Waals surface area (Å²) in [5.74, 6) is 0. The molecule has 0 unspecified atom stereocenters. The zero-order valence-electron chi connectivity index (χ0n) is 12.0. The van der Waals surface area contributed by atoms with Crippen LogP contribution in [0.3, 0.4) is 0 Å². The Balaban J connectivity index is 2.62. The lowest BCUT2D eigenvalue weighted by molar-refractivity contribution is 0.511. The molecule has 1 rings (SSSR count). The predicted molar refractivity (Wildman–Crippen MR) is 82.3 cm³/mol. The smallest absolute Gasteiger partial charge is 0.102 e. The van der Waals surface area contributed by atoms with E-state index in [0.717, 1.165) is 18.8 Å². The molecular weight excluding hydrogens is 242 g/mol. The van der Waals surface area contributed by atoms with Gasteiger partial charge in [0.1, 0.15) is 6.34 Å². The van der Waals surface area contributed by atoms with Gasteiger partial charge in [-0.25, -0.2) is 9.30 Å². The van der Waals surface area contributed by atoms with E-state index in [4.69, 9.17) is 0 Å². The Morgan fingerprint density at radius 1 is 1.22 bits per heavy atom. The van der Waals surface area contributed by atoms with E-state index in [0.29, 0.717) is 0 Å². The molecule has 4 heteroatoms. The summed E-state index contributed by atoms with van der Waals surface area (Å²) in [6, 6.07) is 6.32. The van der Waals surface area contributed by atoms with Crippen LogP contribution in [0.1, 0.15) is 25.0 Å². The minimum atomic E-state index is 1.03. The average Bonchev–Trinajstić information content (AvgIpc) is 2.35. The molecule has 0 saturated heterocycles. The summed E-state index contributed by atoms with van der Waals surface area (Å²) in [7, 11) is 2.02. The molecule has 0 aromatic heterocycles. The molecule has 1 aromatic carbocycles. The highest BCUT2D eigenvalue weighted by Crippen LogP contribution is 2.20. The molecular formula is C14H23N3S. The van der Waals surface area contributed by atoms with E-state index in [9.17, 15) is 0 Å². The van der Waals surface area contributed by atoms with Gasteiger partial charge in [-0.05, 0) is 25.5 Å². The molecule has 0 bridgehead atoms. The summed E-state index contributed by atoms with van der Waals surface area (Å²) in [5.41, 5.74) is 3.53. The largest absolute Gasteiger partial charge is 0.297 e. The highest BCUT2D eigenvalue weighted by Gasteiger charge is 2.02. The van der Waals surface area contributed by atoms with Crippen molar-refractivity contribution >= 4 is 24.2 Å². The average molecular weight is 265 g/mol. The van der Waals surface area contributed by atoms with Crippen molar-refractivity contribution in [2.45, 2.75) is 27.7 Å². The second-order valence-corrected chi connectivity index (χ2v) is 5.53. The van der Waals surface area contributed by atoms with Crippen molar-refractivity contribution in [1.82, 2.24) is 8.61 Å². The van der Waals surface area contributed by atoms with Crippen LogP contribution in [0, 0.1) is 13.8 Å². The van der Waals surface area contributed by atoms with Crippen molar-refractivity contribution in [1.29, 1.82) is 0 Å². The number of aliphatic imine (C=N–C) groups is 1. The van der Waals surface area contributed by atoms with E-state index in [1.165, 1.54) is 11.1 Å². The topological polar surface area (TPSA) is 18.8 Å². The van der Waals surface area contributed by atoms with Gasteiger partial charge in [-0.15, -0.1) is 0 Å². The van der Waals surface area contributed by atoms with E-state index in [1.807, 2.05) is 17.7 Å². The first-order chi connectivity index (χ1) is 8.56. The SMILES string of the molecule is CCN(CC)SN(C)C=Nc1ccc(C)cc1C. The van der Waals surface area contributed by atoms with Crippen molar-refractivity contribution in [3.63, 3.8) is 0 Å². The van der Waals surface area contributed by atoms with Crippen LogP contribution >= 0.6 is 12.1 Å². The van der Waals surface area contributed by atoms with Crippen molar-refractivity contribution in [3.05, 3.63) is 29.3 Å². The van der Waals surface area contributed by atoms with E-state index in [2.05, 4.69) is 55.2 Å². The quantitative estimate of drug-likeness (QED) is 0.443. The third-order valence-corrected chi connectivity index (χ3v) is 3.76. The molecule has 0 spiro atoms. The molecule has 3 nitrogen and oxygen atoms in total. The first-order valence-corrected chi connectivity index (χ1v) is 7.07. The standard InChI is InChI=1S/C14H23N3S/c1-6-17(7-2)18-16(5)11-15-14-9-8-12(3)10-13(14)4/h8-11H,6-7H2,1-5H3. The summed E-state index contributed by atoms with van der Waals surface area (Å²) in [4.78, 5) is 4.52. The first-order valence-electron chi connectivity index (χ1n) is 6.34. The summed E-state index contributed by atoms with van der Waals surface area (Å²) in [5, 5.41) is 0. The molecule has 0 radical (unpaired) electrons. The van der Waals surface area contributed by atoms with E-state index >= 15 is 0 Å². The van der Waals surface area contributed by atoms with Gasteiger partial charge in [0, 0.05) is 32.3 Å². The second-order valence-electron chi connectivity index (χ2n) is 4.28. The Labute approximate surface area is 115 Å². The van der Waals surface area contributed by atoms with Gasteiger partial charge in [0.15, 0.2) is 0 Å². The van der Waals surface area contributed by atoms with Crippen molar-refractivity contribution < 1.29 is 0 Å². The van der Waals surface area contributed by atoms with Crippen LogP contribution in [0.25, 0.3) is 0 Å². The molecule has 100 valence electrons. The fourth-order valence-electron chi connectivity index (χ4n) is 1.64. The number of nitrogens with zero attached hydrogens (tertiary/aromatic N) is 3. The Morgan fingerprint density at radius 2 is 1.89 bits per heavy atom. The van der Waals surface area contributed by atoms with Gasteiger partial charge in [-0.1, -0.05) is 31.5 Å². The highest BCUT2D eigenvalue weighted by molar-refractivity contribution is 7.95. The number of benzene rings is 1. The fourth-order valence-corrected chi connectivity index (χ4v) is 2.32. The monoisotopic (exact) mass is 265 g/mol. The summed E-state index contributed by atoms with van der Waals surface area (Å²) < 4.78 is 4.31. The molecule has 0 aliphatic rings. The minimum absolute atomic E-state index is 1.03. The Morgan fingerprint density at radius 3 is 2.44 bits per heavy atom. The van der Waals surface area contributed by atoms with Gasteiger partial charge in [0.2, 0.25) is 0 Å². The third kappa shape index (κ3) is 4.70. The lowest BCUT2D eigenvalue weighted by Gasteiger charge is -2.21. The van der Waals surface area contributed by atoms with Gasteiger partial charge >= 0.3 is 0 Å². The van der Waals surface area contributed by atoms with Gasteiger partial charge < -0.3 is 0 Å². The van der Waals surface area contributed by atoms with E-state index in [1.54, 1.807) is 12.1 Å². The predicted octanol–water partition coefficient (Wildman–Crippen LogP) is 3.80. The van der Waals surface area contributed by atoms with E-state index in [-0.39, 0.29) is 0 Å². The molecule has 1 aromatic rings. The molecule has 0 atom stereocenters. The Hall–Kier alpha value is -1.00. The summed E-state index contributed by atoms with van der Waals surface area (Å²) in [6.07, 6.45) is 1.88. The molecule has 0 aliphatic carbocycles. The van der Waals surface area contributed by atoms with Gasteiger partial charge in [0.25, 0.3) is 0 Å². The Bertz CT molecular complexity index is 400. The van der Waals surface area contributed by atoms with Gasteiger partial charge in [-0.2, -0.15) is 0 Å². The normalized spacial score (nSPS) is 11.4. The molecule has 18 heavy (non-hydrogen) atoms. The highest BCUT2D eigenvalue weighted by atomic mass is 32.2. The molecule has 0 aliphatic heterocycles. The first kappa shape index (κ1) is 15.1. The van der Waals surface area contributed by atoms with Crippen LogP contribution in [-0.2, 0) is 0 Å². The zero-order chi connectivity index (χ0) is 13.5. The van der Waals surface area contributed by atoms with Crippen LogP contribution in [0.4, 0.5) is 5.69 Å². The van der Waals surface area contributed by atoms with Crippen molar-refractivity contribution in [3.8, 4) is 0 Å². The third-order valence-electron chi connectivity index (χ3n) is 2.66. The maximum Gasteiger partial charge on any atom is 0.102 e. The molecule has 0 fully saturated rings. The van der Waals surface area contributed by atoms with Crippen LogP contribution in [0.15, 0.2) is 23.2 Å². The van der Waals surface area contributed by atoms with Crippen molar-refractivity contribution in [2.75, 3.05) is 20.1 Å². The number of hydrogen-bond acceptors (Lipinski definition) is 3. The fraction of sp³-hybridized carbons (Fsp3) is 0.500. The maximum atomic E-state index is 4.52. The zero-order valence-corrected chi connectivity index (χ0v) is 12.8. The van der Waals surface area contributed by atoms with Gasteiger partial charge in [0.05, 0.1) is 5.69 Å². The second kappa shape index (κ2) is 7.44. The molecule has 0 saturated carbocycles. The van der Waals surface area contributed by atoms with E-state index < -0.39 is 0 Å². The number of rotatable bonds is 6. The van der Waals surface area contributed by atoms with Crippen LogP contribution in [0.5, 0.6) is 0 Å². The summed E-state index contributed by atoms with van der Waals surface area (Å²) >= 11 is 1.69. The summed E-state index contributed by atoms with van der Waals surface area (Å²) in [6.45, 7) is 10.6. The van der Waals surface area contributed by atoms with Crippen LogP contribution in [-0.4, -0.2) is 35.1 Å². The molecule has 0 N–H and O–H groups in total. The molecule has 0 heterocycles. The lowest BCUT2D eigenvalue weighted by Crippen LogP contribution is -2.21. The maximum absolute atomic E-state index is 4.52. The molecule has 0 amide bonds. The number of aryl methyl sites for hydroxylation is 2. The Kier molecular flexibility index (Phi) is 6.22. The van der Waals surface area contributed by atoms with Crippen LogP contribution < -0.4 is 0 Å².